The lowest BCUT2D eigenvalue weighted by Gasteiger charge is -2.40. The minimum Gasteiger partial charge on any atom is -0.394 e. The third-order valence-corrected chi connectivity index (χ3v) is 17.2. The van der Waals surface area contributed by atoms with Crippen LogP contribution >= 0.6 is 0 Å². The standard InChI is InChI=1S/C72H137NO8/c1-3-5-7-9-11-13-15-17-19-21-23-25-27-29-30-31-32-33-34-35-36-38-40-42-44-46-48-50-52-54-56-58-60-62-68(76)73-65(64-80-72-71(79)70(78)69(77)67(63-74)81-72)66(75)61-59-57-55-53-51-49-47-45-43-41-39-37-28-26-24-22-20-18-16-14-12-10-8-6-4-2/h21,23,51,53,59,61,65-67,69-72,74-75,77-79H,3-20,22,24-50,52,54-58,60,62-64H2,1-2H3,(H,73,76)/b23-21-,53-51+,61-59+. The van der Waals surface area contributed by atoms with Gasteiger partial charge in [0.1, 0.15) is 24.4 Å². The topological polar surface area (TPSA) is 149 Å². The average Bonchev–Trinajstić information content (AvgIpc) is 3.50. The number of nitrogens with one attached hydrogen (secondary N) is 1. The Morgan fingerprint density at radius 2 is 0.704 bits per heavy atom. The molecule has 81 heavy (non-hydrogen) atoms. The largest absolute Gasteiger partial charge is 0.394 e. The number of ether oxygens (including phenoxy) is 2. The number of rotatable bonds is 63. The summed E-state index contributed by atoms with van der Waals surface area (Å²) in [7, 11) is 0. The van der Waals surface area contributed by atoms with Gasteiger partial charge in [0.15, 0.2) is 6.29 Å². The molecule has 1 saturated heterocycles. The smallest absolute Gasteiger partial charge is 0.220 e. The maximum absolute atomic E-state index is 13.1. The maximum atomic E-state index is 13.1. The Balaban J connectivity index is 2.12. The van der Waals surface area contributed by atoms with Crippen LogP contribution in [0.1, 0.15) is 361 Å². The first-order valence-electron chi connectivity index (χ1n) is 35.7. The fourth-order valence-electron chi connectivity index (χ4n) is 11.6. The van der Waals surface area contributed by atoms with Crippen LogP contribution in [0, 0.1) is 0 Å². The number of unbranched alkanes of at least 4 members (excludes halogenated alkanes) is 49. The first-order chi connectivity index (χ1) is 39.8. The molecule has 1 rings (SSSR count). The molecule has 9 heteroatoms. The van der Waals surface area contributed by atoms with E-state index >= 15 is 0 Å². The van der Waals surface area contributed by atoms with E-state index in [9.17, 15) is 30.3 Å². The molecule has 0 bridgehead atoms. The molecule has 478 valence electrons. The summed E-state index contributed by atoms with van der Waals surface area (Å²) in [6.07, 6.45) is 75.5. The zero-order chi connectivity index (χ0) is 58.6. The van der Waals surface area contributed by atoms with Gasteiger partial charge in [-0.15, -0.1) is 0 Å². The summed E-state index contributed by atoms with van der Waals surface area (Å²) in [4.78, 5) is 13.1. The van der Waals surface area contributed by atoms with Gasteiger partial charge in [0, 0.05) is 6.42 Å². The lowest BCUT2D eigenvalue weighted by Crippen LogP contribution is -2.60. The Bertz CT molecular complexity index is 1370. The van der Waals surface area contributed by atoms with Gasteiger partial charge in [-0.3, -0.25) is 4.79 Å². The third-order valence-electron chi connectivity index (χ3n) is 17.2. The number of carbonyl (C=O) groups excluding carboxylic acids is 1. The van der Waals surface area contributed by atoms with E-state index in [1.54, 1.807) is 6.08 Å². The summed E-state index contributed by atoms with van der Waals surface area (Å²) in [6, 6.07) is -0.821. The minimum atomic E-state index is -1.57. The third kappa shape index (κ3) is 50.3. The van der Waals surface area contributed by atoms with Crippen molar-refractivity contribution in [2.75, 3.05) is 13.2 Å². The Morgan fingerprint density at radius 1 is 0.407 bits per heavy atom. The van der Waals surface area contributed by atoms with Gasteiger partial charge in [0.2, 0.25) is 5.91 Å². The van der Waals surface area contributed by atoms with Crippen molar-refractivity contribution in [1.29, 1.82) is 0 Å². The number of aliphatic hydroxyl groups is 5. The highest BCUT2D eigenvalue weighted by molar-refractivity contribution is 5.76. The molecule has 0 aromatic carbocycles. The van der Waals surface area contributed by atoms with E-state index in [1.165, 1.54) is 302 Å². The zero-order valence-corrected chi connectivity index (χ0v) is 53.6. The first kappa shape index (κ1) is 77.4. The summed E-state index contributed by atoms with van der Waals surface area (Å²) in [5, 5.41) is 54.7. The number of carbonyl (C=O) groups is 1. The fraction of sp³-hybridized carbons (Fsp3) is 0.903. The zero-order valence-electron chi connectivity index (χ0n) is 53.6. The molecule has 6 N–H and O–H groups in total. The molecule has 9 nitrogen and oxygen atoms in total. The van der Waals surface area contributed by atoms with Crippen LogP contribution in [0.4, 0.5) is 0 Å². The molecule has 1 fully saturated rings. The van der Waals surface area contributed by atoms with Crippen LogP contribution < -0.4 is 5.32 Å². The second-order valence-corrected chi connectivity index (χ2v) is 25.0. The van der Waals surface area contributed by atoms with Gasteiger partial charge in [-0.2, -0.15) is 0 Å². The van der Waals surface area contributed by atoms with Crippen molar-refractivity contribution in [3.63, 3.8) is 0 Å². The molecule has 1 amide bonds. The van der Waals surface area contributed by atoms with Gasteiger partial charge in [0.25, 0.3) is 0 Å². The van der Waals surface area contributed by atoms with E-state index in [-0.39, 0.29) is 12.5 Å². The Hall–Kier alpha value is -1.59. The molecule has 0 aromatic rings. The quantitative estimate of drug-likeness (QED) is 0.0261. The number of aliphatic hydroxyl groups excluding tert-OH is 5. The second kappa shape index (κ2) is 61.5. The summed E-state index contributed by atoms with van der Waals surface area (Å²) < 4.78 is 11.3. The van der Waals surface area contributed by atoms with Crippen molar-refractivity contribution in [2.24, 2.45) is 0 Å². The van der Waals surface area contributed by atoms with Crippen LogP contribution in [-0.4, -0.2) is 87.5 Å². The normalized spacial score (nSPS) is 18.5. The monoisotopic (exact) mass is 1140 g/mol. The van der Waals surface area contributed by atoms with Gasteiger partial charge in [-0.1, -0.05) is 333 Å². The van der Waals surface area contributed by atoms with Gasteiger partial charge >= 0.3 is 0 Å². The van der Waals surface area contributed by atoms with E-state index in [1.807, 2.05) is 6.08 Å². The molecule has 0 spiro atoms. The summed E-state index contributed by atoms with van der Waals surface area (Å²) in [5.41, 5.74) is 0. The Labute approximate surface area is 501 Å². The van der Waals surface area contributed by atoms with Gasteiger partial charge in [0.05, 0.1) is 25.4 Å². The number of hydrogen-bond donors (Lipinski definition) is 6. The van der Waals surface area contributed by atoms with E-state index in [0.717, 1.165) is 38.5 Å². The molecule has 1 heterocycles. The van der Waals surface area contributed by atoms with E-state index in [0.29, 0.717) is 6.42 Å². The molecule has 0 saturated carbocycles. The van der Waals surface area contributed by atoms with Crippen molar-refractivity contribution in [1.82, 2.24) is 5.32 Å². The van der Waals surface area contributed by atoms with Crippen LogP contribution in [-0.2, 0) is 14.3 Å². The second-order valence-electron chi connectivity index (χ2n) is 25.0. The molecule has 7 unspecified atom stereocenters. The lowest BCUT2D eigenvalue weighted by molar-refractivity contribution is -0.302. The highest BCUT2D eigenvalue weighted by Gasteiger charge is 2.44. The fourth-order valence-corrected chi connectivity index (χ4v) is 11.6. The summed E-state index contributed by atoms with van der Waals surface area (Å²) >= 11 is 0. The van der Waals surface area contributed by atoms with Gasteiger partial charge in [-0.05, 0) is 57.8 Å². The predicted octanol–water partition coefficient (Wildman–Crippen LogP) is 19.4. The van der Waals surface area contributed by atoms with E-state index in [4.69, 9.17) is 9.47 Å². The van der Waals surface area contributed by atoms with Gasteiger partial charge < -0.3 is 40.3 Å². The summed E-state index contributed by atoms with van der Waals surface area (Å²) in [6.45, 7) is 3.82. The molecule has 1 aliphatic rings. The van der Waals surface area contributed by atoms with E-state index < -0.39 is 49.5 Å². The highest BCUT2D eigenvalue weighted by Crippen LogP contribution is 2.23. The number of amides is 1. The number of allylic oxidation sites excluding steroid dienone is 5. The molecular weight excluding hydrogens is 1010 g/mol. The highest BCUT2D eigenvalue weighted by atomic mass is 16.7. The lowest BCUT2D eigenvalue weighted by atomic mass is 9.99. The van der Waals surface area contributed by atoms with E-state index in [2.05, 4.69) is 43.5 Å². The van der Waals surface area contributed by atoms with Crippen molar-refractivity contribution < 1.29 is 39.8 Å². The number of hydrogen-bond acceptors (Lipinski definition) is 8. The van der Waals surface area contributed by atoms with Crippen LogP contribution in [0.15, 0.2) is 36.5 Å². The van der Waals surface area contributed by atoms with Crippen LogP contribution in [0.2, 0.25) is 0 Å². The summed E-state index contributed by atoms with van der Waals surface area (Å²) in [5.74, 6) is -0.179. The minimum absolute atomic E-state index is 0.179. The molecule has 7 atom stereocenters. The van der Waals surface area contributed by atoms with Crippen LogP contribution in [0.25, 0.3) is 0 Å². The molecule has 0 aliphatic carbocycles. The predicted molar refractivity (Wildman–Crippen MR) is 346 cm³/mol. The van der Waals surface area contributed by atoms with Crippen molar-refractivity contribution in [3.05, 3.63) is 36.5 Å². The molecule has 1 aliphatic heterocycles. The van der Waals surface area contributed by atoms with Crippen molar-refractivity contribution in [3.8, 4) is 0 Å². The molecule has 0 aromatic heterocycles. The first-order valence-corrected chi connectivity index (χ1v) is 35.7. The maximum Gasteiger partial charge on any atom is 0.220 e. The average molecular weight is 1140 g/mol. The Kier molecular flexibility index (Phi) is 58.8. The SMILES string of the molecule is CCCCCCCCCC/C=C\CCCCCCCCCCCCCCCCCCCCCCCC(=O)NC(COC1OC(CO)C(O)C(O)C1O)C(O)/C=C/CC/C=C/CCCCCCCCCCCCCCCCCCCCC. The van der Waals surface area contributed by atoms with Crippen LogP contribution in [0.3, 0.4) is 0 Å². The van der Waals surface area contributed by atoms with Crippen LogP contribution in [0.5, 0.6) is 0 Å². The molecular formula is C72H137NO8. The molecule has 0 radical (unpaired) electrons. The van der Waals surface area contributed by atoms with Crippen molar-refractivity contribution >= 4 is 5.91 Å². The van der Waals surface area contributed by atoms with Crippen molar-refractivity contribution in [2.45, 2.75) is 403 Å². The van der Waals surface area contributed by atoms with Gasteiger partial charge in [-0.25, -0.2) is 0 Å². The Morgan fingerprint density at radius 3 is 1.04 bits per heavy atom.